The molecule has 41 heavy (non-hydrogen) atoms. The van der Waals surface area contributed by atoms with Crippen molar-refractivity contribution >= 4 is 16.9 Å². The van der Waals surface area contributed by atoms with Gasteiger partial charge >= 0.3 is 6.03 Å². The Bertz CT molecular complexity index is 1470. The molecule has 2 aliphatic heterocycles. The van der Waals surface area contributed by atoms with Crippen LogP contribution in [0.3, 0.4) is 0 Å². The number of fused-ring (bicyclic) bond motifs is 6. The molecule has 1 aromatic carbocycles. The van der Waals surface area contributed by atoms with E-state index in [-0.39, 0.29) is 41.6 Å². The molecule has 9 nitrogen and oxygen atoms in total. The standard InChI is InChI=1S/C32H42N6O3/c1-18-23-15-24(29(18)37-14-11-33-32(37)41)27-26(23)30(39)38(31(27)40)17-21-6-4-5-20(21)16-36-12-9-19(10-13-36)28-22-7-2-3-8-25(22)34-35-28/h2-3,7-8,18-21,23-24,29,39-40H,4-6,9-17H2,1H3,(H,33,41)(H,34,35)/t18?,20-,21-,23?,24?,29?/m1/s1. The van der Waals surface area contributed by atoms with Crippen molar-refractivity contribution in [3.63, 3.8) is 0 Å². The molecule has 218 valence electrons. The molecule has 2 bridgehead atoms. The Balaban J connectivity index is 0.948. The van der Waals surface area contributed by atoms with Crippen LogP contribution < -0.4 is 5.32 Å². The molecular weight excluding hydrogens is 516 g/mol. The summed E-state index contributed by atoms with van der Waals surface area (Å²) < 4.78 is 1.82. The molecule has 2 amide bonds. The normalized spacial score (nSPS) is 31.9. The smallest absolute Gasteiger partial charge is 0.317 e. The number of carbonyl (C=O) groups is 1. The maximum atomic E-state index is 12.5. The Labute approximate surface area is 240 Å². The summed E-state index contributed by atoms with van der Waals surface area (Å²) in [6.07, 6.45) is 6.77. The van der Waals surface area contributed by atoms with Crippen LogP contribution in [0.1, 0.15) is 80.0 Å². The molecule has 3 aliphatic carbocycles. The summed E-state index contributed by atoms with van der Waals surface area (Å²) >= 11 is 0. The topological polar surface area (TPSA) is 110 Å². The van der Waals surface area contributed by atoms with E-state index in [9.17, 15) is 15.0 Å². The van der Waals surface area contributed by atoms with Crippen LogP contribution >= 0.6 is 0 Å². The fourth-order valence-electron chi connectivity index (χ4n) is 9.56. The van der Waals surface area contributed by atoms with Gasteiger partial charge in [0.05, 0.1) is 5.52 Å². The number of likely N-dealkylation sites (tertiary alicyclic amines) is 1. The van der Waals surface area contributed by atoms with E-state index in [1.54, 1.807) is 0 Å². The third-order valence-electron chi connectivity index (χ3n) is 11.6. The minimum atomic E-state index is 0.00911. The number of amides is 2. The summed E-state index contributed by atoms with van der Waals surface area (Å²) in [5.41, 5.74) is 4.22. The summed E-state index contributed by atoms with van der Waals surface area (Å²) in [5, 5.41) is 35.0. The predicted molar refractivity (Wildman–Crippen MR) is 156 cm³/mol. The molecule has 2 aromatic heterocycles. The molecule has 4 heterocycles. The van der Waals surface area contributed by atoms with Gasteiger partial charge in [-0.1, -0.05) is 31.5 Å². The number of aromatic nitrogens is 3. The third-order valence-corrected chi connectivity index (χ3v) is 11.6. The lowest BCUT2D eigenvalue weighted by molar-refractivity contribution is 0.157. The number of nitrogens with zero attached hydrogens (tertiary/aromatic N) is 4. The molecular formula is C32H42N6O3. The molecule has 4 fully saturated rings. The first-order valence-electron chi connectivity index (χ1n) is 15.8. The first-order valence-corrected chi connectivity index (χ1v) is 15.8. The molecule has 2 saturated heterocycles. The van der Waals surface area contributed by atoms with Crippen LogP contribution in [-0.2, 0) is 6.54 Å². The number of hydrogen-bond acceptors (Lipinski definition) is 5. The highest BCUT2D eigenvalue weighted by Crippen LogP contribution is 2.63. The number of rotatable bonds is 6. The minimum absolute atomic E-state index is 0.00911. The van der Waals surface area contributed by atoms with E-state index in [4.69, 9.17) is 0 Å². The highest BCUT2D eigenvalue weighted by Gasteiger charge is 2.56. The van der Waals surface area contributed by atoms with Crippen molar-refractivity contribution in [3.05, 3.63) is 41.1 Å². The zero-order chi connectivity index (χ0) is 27.8. The van der Waals surface area contributed by atoms with Crippen LogP contribution in [0.2, 0.25) is 0 Å². The van der Waals surface area contributed by atoms with Gasteiger partial charge in [0, 0.05) is 66.3 Å². The van der Waals surface area contributed by atoms with Crippen molar-refractivity contribution in [2.24, 2.45) is 17.8 Å². The lowest BCUT2D eigenvalue weighted by Gasteiger charge is -2.35. The number of hydrogen-bond donors (Lipinski definition) is 4. The van der Waals surface area contributed by atoms with Gasteiger partial charge in [0.2, 0.25) is 0 Å². The maximum Gasteiger partial charge on any atom is 0.317 e. The van der Waals surface area contributed by atoms with Crippen LogP contribution in [0.25, 0.3) is 10.9 Å². The monoisotopic (exact) mass is 558 g/mol. The van der Waals surface area contributed by atoms with Gasteiger partial charge in [-0.05, 0) is 74.9 Å². The number of urea groups is 1. The molecule has 4 N–H and O–H groups in total. The number of piperidine rings is 1. The Kier molecular flexibility index (Phi) is 6.02. The average molecular weight is 559 g/mol. The first kappa shape index (κ1) is 25.5. The highest BCUT2D eigenvalue weighted by molar-refractivity contribution is 5.81. The summed E-state index contributed by atoms with van der Waals surface area (Å²) in [6, 6.07) is 8.51. The number of aromatic hydroxyl groups is 2. The lowest BCUT2D eigenvalue weighted by atomic mass is 9.82. The van der Waals surface area contributed by atoms with Crippen molar-refractivity contribution in [1.29, 1.82) is 0 Å². The zero-order valence-corrected chi connectivity index (χ0v) is 23.9. The zero-order valence-electron chi connectivity index (χ0n) is 23.9. The van der Waals surface area contributed by atoms with E-state index >= 15 is 0 Å². The van der Waals surface area contributed by atoms with Gasteiger partial charge in [-0.2, -0.15) is 5.10 Å². The third kappa shape index (κ3) is 3.91. The van der Waals surface area contributed by atoms with Gasteiger partial charge in [0.15, 0.2) is 11.8 Å². The molecule has 5 aliphatic rings. The fourth-order valence-corrected chi connectivity index (χ4v) is 9.56. The number of benzene rings is 1. The summed E-state index contributed by atoms with van der Waals surface area (Å²) in [7, 11) is 0. The van der Waals surface area contributed by atoms with Crippen molar-refractivity contribution in [1.82, 2.24) is 29.9 Å². The van der Waals surface area contributed by atoms with Crippen LogP contribution in [0.4, 0.5) is 4.79 Å². The molecule has 4 unspecified atom stereocenters. The average Bonchev–Trinajstić information content (AvgIpc) is 3.82. The molecule has 3 aromatic rings. The van der Waals surface area contributed by atoms with E-state index in [1.165, 1.54) is 23.9 Å². The molecule has 6 atom stereocenters. The van der Waals surface area contributed by atoms with Gasteiger partial charge in [-0.15, -0.1) is 0 Å². The Morgan fingerprint density at radius 3 is 2.44 bits per heavy atom. The van der Waals surface area contributed by atoms with E-state index in [1.807, 2.05) is 15.5 Å². The number of nitrogens with one attached hydrogen (secondary N) is 2. The van der Waals surface area contributed by atoms with Crippen LogP contribution in [0.5, 0.6) is 11.8 Å². The van der Waals surface area contributed by atoms with Crippen LogP contribution in [-0.4, -0.2) is 79.6 Å². The second-order valence-electron chi connectivity index (χ2n) is 13.5. The van der Waals surface area contributed by atoms with Crippen molar-refractivity contribution in [2.75, 3.05) is 32.7 Å². The number of carbonyl (C=O) groups excluding carboxylic acids is 1. The van der Waals surface area contributed by atoms with Crippen molar-refractivity contribution in [3.8, 4) is 11.8 Å². The summed E-state index contributed by atoms with van der Waals surface area (Å²) in [5.74, 6) is 2.67. The van der Waals surface area contributed by atoms with E-state index in [0.29, 0.717) is 30.8 Å². The summed E-state index contributed by atoms with van der Waals surface area (Å²) in [6.45, 7) is 7.59. The van der Waals surface area contributed by atoms with E-state index in [0.717, 1.165) is 68.5 Å². The maximum absolute atomic E-state index is 12.5. The Hall–Kier alpha value is -3.20. The Morgan fingerprint density at radius 2 is 1.68 bits per heavy atom. The fraction of sp³-hybridized carbons (Fsp3) is 0.625. The number of H-pyrrole nitrogens is 1. The SMILES string of the molecule is CC1C2CC(c3c2c(O)n(C[C@H]2CCC[C@@H]2CN2CCC(c4[nH]nc5ccccc45)CC2)c3O)C1N1CCNC1=O. The minimum Gasteiger partial charge on any atom is -0.494 e. The molecule has 9 heteroatoms. The molecule has 0 spiro atoms. The first-order chi connectivity index (χ1) is 20.0. The van der Waals surface area contributed by atoms with E-state index < -0.39 is 0 Å². The predicted octanol–water partition coefficient (Wildman–Crippen LogP) is 4.69. The Morgan fingerprint density at radius 1 is 0.951 bits per heavy atom. The lowest BCUT2D eigenvalue weighted by Crippen LogP contribution is -2.44. The highest BCUT2D eigenvalue weighted by atomic mass is 16.3. The second kappa shape index (κ2) is 9.68. The van der Waals surface area contributed by atoms with Crippen molar-refractivity contribution in [2.45, 2.75) is 75.8 Å². The molecule has 2 saturated carbocycles. The quantitative estimate of drug-likeness (QED) is 0.351. The van der Waals surface area contributed by atoms with Crippen LogP contribution in [0.15, 0.2) is 24.3 Å². The van der Waals surface area contributed by atoms with Gasteiger partial charge in [0.25, 0.3) is 0 Å². The second-order valence-corrected chi connectivity index (χ2v) is 13.5. The molecule has 0 radical (unpaired) electrons. The van der Waals surface area contributed by atoms with Gasteiger partial charge in [-0.25, -0.2) is 4.79 Å². The van der Waals surface area contributed by atoms with E-state index in [2.05, 4.69) is 45.5 Å². The largest absolute Gasteiger partial charge is 0.494 e. The van der Waals surface area contributed by atoms with Crippen LogP contribution in [0, 0.1) is 17.8 Å². The van der Waals surface area contributed by atoms with Gasteiger partial charge < -0.3 is 25.3 Å². The van der Waals surface area contributed by atoms with Gasteiger partial charge in [0.1, 0.15) is 0 Å². The molecule has 8 rings (SSSR count). The summed E-state index contributed by atoms with van der Waals surface area (Å²) in [4.78, 5) is 17.1. The number of aromatic amines is 1. The van der Waals surface area contributed by atoms with Crippen molar-refractivity contribution < 1.29 is 15.0 Å². The number of para-hydroxylation sites is 1. The van der Waals surface area contributed by atoms with Gasteiger partial charge in [-0.3, -0.25) is 9.67 Å².